The van der Waals surface area contributed by atoms with Gasteiger partial charge in [0, 0.05) is 6.61 Å². The predicted octanol–water partition coefficient (Wildman–Crippen LogP) is 5.21. The lowest BCUT2D eigenvalue weighted by Gasteiger charge is -2.22. The molecule has 0 heterocycles. The molecule has 0 N–H and O–H groups in total. The molecule has 0 bridgehead atoms. The van der Waals surface area contributed by atoms with Crippen molar-refractivity contribution in [1.29, 1.82) is 0 Å². The van der Waals surface area contributed by atoms with Gasteiger partial charge in [-0.15, -0.1) is 0 Å². The van der Waals surface area contributed by atoms with Crippen LogP contribution < -0.4 is 0 Å². The monoisotopic (exact) mass is 240 g/mol. The van der Waals surface area contributed by atoms with Gasteiger partial charge in [-0.25, -0.2) is 0 Å². The smallest absolute Gasteiger partial charge is 0.0598 e. The van der Waals surface area contributed by atoms with Crippen LogP contribution in [0.3, 0.4) is 0 Å². The van der Waals surface area contributed by atoms with Gasteiger partial charge < -0.3 is 4.74 Å². The first kappa shape index (κ1) is 16.7. The topological polar surface area (TPSA) is 9.23 Å². The van der Waals surface area contributed by atoms with E-state index in [1.165, 1.54) is 19.3 Å². The maximum Gasteiger partial charge on any atom is 0.0598 e. The van der Waals surface area contributed by atoms with Crippen LogP contribution in [0.2, 0.25) is 0 Å². The van der Waals surface area contributed by atoms with Gasteiger partial charge in [0.05, 0.1) is 5.60 Å². The molecule has 0 aliphatic carbocycles. The van der Waals surface area contributed by atoms with Gasteiger partial charge in [-0.05, 0) is 51.4 Å². The zero-order valence-electron chi connectivity index (χ0n) is 13.0. The maximum atomic E-state index is 5.78. The lowest BCUT2D eigenvalue weighted by atomic mass is 9.95. The SMILES string of the molecule is CC(CCCC=CC(C)(C)C)COC(C)(C)C. The summed E-state index contributed by atoms with van der Waals surface area (Å²) in [5.41, 5.74) is 0.321. The molecule has 1 heteroatoms. The minimum atomic E-state index is 0.000394. The molecule has 0 saturated carbocycles. The first-order chi connectivity index (χ1) is 7.60. The molecule has 0 aromatic rings. The molecule has 1 nitrogen and oxygen atoms in total. The van der Waals surface area contributed by atoms with Crippen molar-refractivity contribution in [3.05, 3.63) is 12.2 Å². The summed E-state index contributed by atoms with van der Waals surface area (Å²) in [4.78, 5) is 0. The van der Waals surface area contributed by atoms with Crippen molar-refractivity contribution < 1.29 is 4.74 Å². The molecule has 0 aromatic heterocycles. The van der Waals surface area contributed by atoms with Crippen LogP contribution in [0.15, 0.2) is 12.2 Å². The Kier molecular flexibility index (Phi) is 7.08. The van der Waals surface area contributed by atoms with E-state index in [9.17, 15) is 0 Å². The molecule has 0 aromatic carbocycles. The van der Waals surface area contributed by atoms with E-state index in [0.29, 0.717) is 11.3 Å². The average Bonchev–Trinajstić information content (AvgIpc) is 2.11. The van der Waals surface area contributed by atoms with Gasteiger partial charge in [0.2, 0.25) is 0 Å². The second-order valence-corrected chi connectivity index (χ2v) is 7.23. The number of ether oxygens (including phenoxy) is 1. The second-order valence-electron chi connectivity index (χ2n) is 7.23. The molecule has 17 heavy (non-hydrogen) atoms. The third-order valence-electron chi connectivity index (χ3n) is 2.49. The molecule has 0 fully saturated rings. The first-order valence-electron chi connectivity index (χ1n) is 6.92. The Bertz CT molecular complexity index is 215. The van der Waals surface area contributed by atoms with Crippen LogP contribution in [-0.2, 0) is 4.74 Å². The predicted molar refractivity (Wildman–Crippen MR) is 77.3 cm³/mol. The van der Waals surface area contributed by atoms with Crippen molar-refractivity contribution >= 4 is 0 Å². The van der Waals surface area contributed by atoms with Gasteiger partial charge in [0.1, 0.15) is 0 Å². The standard InChI is InChI=1S/C16H32O/c1-14(13-17-16(5,6)7)11-9-8-10-12-15(2,3)4/h10,12,14H,8-9,11,13H2,1-7H3. The zero-order valence-corrected chi connectivity index (χ0v) is 13.0. The van der Waals surface area contributed by atoms with E-state index in [4.69, 9.17) is 4.74 Å². The van der Waals surface area contributed by atoms with Crippen LogP contribution >= 0.6 is 0 Å². The van der Waals surface area contributed by atoms with E-state index < -0.39 is 0 Å². The third kappa shape index (κ3) is 13.6. The first-order valence-corrected chi connectivity index (χ1v) is 6.92. The largest absolute Gasteiger partial charge is 0.376 e. The Hall–Kier alpha value is -0.300. The summed E-state index contributed by atoms with van der Waals surface area (Å²) in [5.74, 6) is 0.664. The Morgan fingerprint density at radius 3 is 2.12 bits per heavy atom. The maximum absolute atomic E-state index is 5.78. The fourth-order valence-corrected chi connectivity index (χ4v) is 1.50. The minimum Gasteiger partial charge on any atom is -0.376 e. The summed E-state index contributed by atoms with van der Waals surface area (Å²) >= 11 is 0. The van der Waals surface area contributed by atoms with Crippen molar-refractivity contribution in [3.8, 4) is 0 Å². The summed E-state index contributed by atoms with van der Waals surface area (Å²) in [6.07, 6.45) is 8.34. The van der Waals surface area contributed by atoms with Crippen LogP contribution in [0.1, 0.15) is 67.7 Å². The lowest BCUT2D eigenvalue weighted by molar-refractivity contribution is -0.0207. The second kappa shape index (κ2) is 7.20. The van der Waals surface area contributed by atoms with Crippen molar-refractivity contribution in [3.63, 3.8) is 0 Å². The highest BCUT2D eigenvalue weighted by Crippen LogP contribution is 2.17. The summed E-state index contributed by atoms with van der Waals surface area (Å²) < 4.78 is 5.78. The minimum absolute atomic E-state index is 0.000394. The fourth-order valence-electron chi connectivity index (χ4n) is 1.50. The average molecular weight is 240 g/mol. The molecular formula is C16H32O. The van der Waals surface area contributed by atoms with Gasteiger partial charge in [-0.1, -0.05) is 39.8 Å². The number of unbranched alkanes of at least 4 members (excludes halogenated alkanes) is 1. The summed E-state index contributed by atoms with van der Waals surface area (Å²) in [5, 5.41) is 0. The Morgan fingerprint density at radius 2 is 1.65 bits per heavy atom. The van der Waals surface area contributed by atoms with Gasteiger partial charge in [0.15, 0.2) is 0 Å². The molecule has 102 valence electrons. The Morgan fingerprint density at radius 1 is 1.06 bits per heavy atom. The molecule has 1 unspecified atom stereocenters. The summed E-state index contributed by atoms with van der Waals surface area (Å²) in [7, 11) is 0. The molecule has 0 saturated heterocycles. The molecule has 0 aliphatic heterocycles. The molecule has 0 spiro atoms. The molecule has 0 rings (SSSR count). The normalized spacial score (nSPS) is 15.5. The molecule has 0 amide bonds. The van der Waals surface area contributed by atoms with Crippen molar-refractivity contribution in [1.82, 2.24) is 0 Å². The van der Waals surface area contributed by atoms with Crippen molar-refractivity contribution in [2.75, 3.05) is 6.61 Å². The van der Waals surface area contributed by atoms with Crippen LogP contribution in [0, 0.1) is 11.3 Å². The summed E-state index contributed by atoms with van der Waals surface area (Å²) in [6.45, 7) is 16.2. The van der Waals surface area contributed by atoms with Crippen LogP contribution in [0.4, 0.5) is 0 Å². The van der Waals surface area contributed by atoms with Crippen LogP contribution in [0.25, 0.3) is 0 Å². The molecular weight excluding hydrogens is 208 g/mol. The van der Waals surface area contributed by atoms with Crippen molar-refractivity contribution in [2.24, 2.45) is 11.3 Å². The highest BCUT2D eigenvalue weighted by Gasteiger charge is 2.12. The lowest BCUT2D eigenvalue weighted by Crippen LogP contribution is -2.22. The van der Waals surface area contributed by atoms with E-state index >= 15 is 0 Å². The Labute approximate surface area is 109 Å². The summed E-state index contributed by atoms with van der Waals surface area (Å²) in [6, 6.07) is 0. The van der Waals surface area contributed by atoms with E-state index in [0.717, 1.165) is 6.61 Å². The number of rotatable bonds is 6. The van der Waals surface area contributed by atoms with Gasteiger partial charge in [-0.2, -0.15) is 0 Å². The van der Waals surface area contributed by atoms with E-state index in [1.54, 1.807) is 0 Å². The third-order valence-corrected chi connectivity index (χ3v) is 2.49. The van der Waals surface area contributed by atoms with E-state index in [-0.39, 0.29) is 5.60 Å². The fraction of sp³-hybridized carbons (Fsp3) is 0.875. The number of hydrogen-bond acceptors (Lipinski definition) is 1. The van der Waals surface area contributed by atoms with Gasteiger partial charge >= 0.3 is 0 Å². The zero-order chi connectivity index (χ0) is 13.5. The number of hydrogen-bond donors (Lipinski definition) is 0. The van der Waals surface area contributed by atoms with Crippen LogP contribution in [-0.4, -0.2) is 12.2 Å². The highest BCUT2D eigenvalue weighted by atomic mass is 16.5. The molecule has 0 radical (unpaired) electrons. The number of allylic oxidation sites excluding steroid dienone is 2. The van der Waals surface area contributed by atoms with E-state index in [2.05, 4.69) is 60.6 Å². The van der Waals surface area contributed by atoms with E-state index in [1.807, 2.05) is 0 Å². The van der Waals surface area contributed by atoms with Gasteiger partial charge in [-0.3, -0.25) is 0 Å². The Balaban J connectivity index is 3.59. The van der Waals surface area contributed by atoms with Gasteiger partial charge in [0.25, 0.3) is 0 Å². The quantitative estimate of drug-likeness (QED) is 0.457. The highest BCUT2D eigenvalue weighted by molar-refractivity contribution is 4.91. The van der Waals surface area contributed by atoms with Crippen molar-refractivity contribution in [2.45, 2.75) is 73.3 Å². The molecule has 0 aliphatic rings. The molecule has 1 atom stereocenters. The van der Waals surface area contributed by atoms with Crippen LogP contribution in [0.5, 0.6) is 0 Å².